The van der Waals surface area contributed by atoms with E-state index in [1.165, 1.54) is 0 Å². The van der Waals surface area contributed by atoms with Crippen molar-refractivity contribution in [2.24, 2.45) is 5.92 Å². The smallest absolute Gasteiger partial charge is 0.211 e. The Morgan fingerprint density at radius 1 is 1.32 bits per heavy atom. The van der Waals surface area contributed by atoms with Crippen molar-refractivity contribution in [3.05, 3.63) is 17.0 Å². The van der Waals surface area contributed by atoms with Crippen LogP contribution in [-0.2, 0) is 16.6 Å². The molecule has 0 bridgehead atoms. The van der Waals surface area contributed by atoms with Gasteiger partial charge in [-0.25, -0.2) is 13.1 Å². The second kappa shape index (κ2) is 7.10. The van der Waals surface area contributed by atoms with Gasteiger partial charge < -0.3 is 4.52 Å². The van der Waals surface area contributed by atoms with Crippen molar-refractivity contribution < 1.29 is 12.9 Å². The topological polar surface area (TPSA) is 75.4 Å². The Morgan fingerprint density at radius 3 is 2.59 bits per heavy atom. The third kappa shape index (κ3) is 4.08. The Balaban J connectivity index is 2.07. The van der Waals surface area contributed by atoms with Crippen molar-refractivity contribution in [3.63, 3.8) is 0 Å². The largest absolute Gasteiger partial charge is 0.361 e. The standard InChI is InChI=1S/C15H27N3O3S/c1-5-7-13-8-18(9-14-11(3)16-21-12(14)4)10-15(13)17-22(19,20)6-2/h13,15,17H,5-10H2,1-4H3. The van der Waals surface area contributed by atoms with Crippen molar-refractivity contribution in [1.82, 2.24) is 14.8 Å². The molecule has 1 aliphatic rings. The van der Waals surface area contributed by atoms with E-state index in [1.54, 1.807) is 6.92 Å². The predicted molar refractivity (Wildman–Crippen MR) is 86.0 cm³/mol. The second-order valence-electron chi connectivity index (χ2n) is 6.17. The van der Waals surface area contributed by atoms with E-state index in [4.69, 9.17) is 4.52 Å². The Kier molecular flexibility index (Phi) is 5.63. The molecule has 22 heavy (non-hydrogen) atoms. The molecule has 0 aliphatic carbocycles. The van der Waals surface area contributed by atoms with Crippen molar-refractivity contribution in [2.75, 3.05) is 18.8 Å². The molecule has 1 fully saturated rings. The van der Waals surface area contributed by atoms with Gasteiger partial charge in [-0.2, -0.15) is 0 Å². The molecule has 1 aliphatic heterocycles. The fourth-order valence-electron chi connectivity index (χ4n) is 3.15. The molecule has 0 amide bonds. The lowest BCUT2D eigenvalue weighted by Gasteiger charge is -2.18. The molecule has 126 valence electrons. The lowest BCUT2D eigenvalue weighted by molar-refractivity contribution is 0.308. The van der Waals surface area contributed by atoms with Gasteiger partial charge in [0.2, 0.25) is 10.0 Å². The highest BCUT2D eigenvalue weighted by molar-refractivity contribution is 7.89. The van der Waals surface area contributed by atoms with E-state index in [0.717, 1.165) is 49.5 Å². The van der Waals surface area contributed by atoms with Gasteiger partial charge in [-0.3, -0.25) is 4.90 Å². The lowest BCUT2D eigenvalue weighted by atomic mass is 9.99. The van der Waals surface area contributed by atoms with Crippen molar-refractivity contribution in [2.45, 2.75) is 53.1 Å². The Labute approximate surface area is 133 Å². The van der Waals surface area contributed by atoms with Gasteiger partial charge >= 0.3 is 0 Å². The minimum absolute atomic E-state index is 0.00497. The first kappa shape index (κ1) is 17.4. The molecule has 2 unspecified atom stereocenters. The molecule has 0 spiro atoms. The molecule has 7 heteroatoms. The van der Waals surface area contributed by atoms with Crippen LogP contribution in [0.5, 0.6) is 0 Å². The first-order valence-corrected chi connectivity index (χ1v) is 9.65. The van der Waals surface area contributed by atoms with Crippen LogP contribution >= 0.6 is 0 Å². The fourth-order valence-corrected chi connectivity index (χ4v) is 4.05. The normalized spacial score (nSPS) is 23.3. The summed E-state index contributed by atoms with van der Waals surface area (Å²) in [5, 5.41) is 3.99. The number of nitrogens with zero attached hydrogens (tertiary/aromatic N) is 2. The molecule has 1 saturated heterocycles. The number of hydrogen-bond acceptors (Lipinski definition) is 5. The van der Waals surface area contributed by atoms with Crippen LogP contribution in [0.3, 0.4) is 0 Å². The number of nitrogens with one attached hydrogen (secondary N) is 1. The maximum Gasteiger partial charge on any atom is 0.211 e. The highest BCUT2D eigenvalue weighted by Crippen LogP contribution is 2.25. The molecule has 2 rings (SSSR count). The number of hydrogen-bond donors (Lipinski definition) is 1. The van der Waals surface area contributed by atoms with Crippen molar-refractivity contribution in [3.8, 4) is 0 Å². The summed E-state index contributed by atoms with van der Waals surface area (Å²) in [5.74, 6) is 1.35. The van der Waals surface area contributed by atoms with Gasteiger partial charge in [0.15, 0.2) is 0 Å². The molecule has 2 atom stereocenters. The molecule has 6 nitrogen and oxygen atoms in total. The summed E-state index contributed by atoms with van der Waals surface area (Å²) in [7, 11) is -3.16. The van der Waals surface area contributed by atoms with Crippen LogP contribution in [0.1, 0.15) is 43.7 Å². The number of sulfonamides is 1. The zero-order valence-electron chi connectivity index (χ0n) is 13.9. The average molecular weight is 329 g/mol. The molecular formula is C15H27N3O3S. The third-order valence-electron chi connectivity index (χ3n) is 4.45. The molecule has 0 saturated carbocycles. The molecule has 1 aromatic heterocycles. The van der Waals surface area contributed by atoms with E-state index in [-0.39, 0.29) is 11.8 Å². The van der Waals surface area contributed by atoms with Crippen LogP contribution in [0.15, 0.2) is 4.52 Å². The van der Waals surface area contributed by atoms with Gasteiger partial charge in [0.1, 0.15) is 5.76 Å². The first-order valence-electron chi connectivity index (χ1n) is 8.00. The lowest BCUT2D eigenvalue weighted by Crippen LogP contribution is -2.41. The van der Waals surface area contributed by atoms with Crippen molar-refractivity contribution >= 4 is 10.0 Å². The van der Waals surface area contributed by atoms with Crippen molar-refractivity contribution in [1.29, 1.82) is 0 Å². The highest BCUT2D eigenvalue weighted by atomic mass is 32.2. The minimum Gasteiger partial charge on any atom is -0.361 e. The molecule has 0 aromatic carbocycles. The van der Waals surface area contributed by atoms with Gasteiger partial charge in [-0.05, 0) is 33.1 Å². The van der Waals surface area contributed by atoms with E-state index in [9.17, 15) is 8.42 Å². The van der Waals surface area contributed by atoms with Gasteiger partial charge in [-0.1, -0.05) is 18.5 Å². The Morgan fingerprint density at radius 2 is 2.05 bits per heavy atom. The van der Waals surface area contributed by atoms with Crippen LogP contribution in [0.2, 0.25) is 0 Å². The zero-order chi connectivity index (χ0) is 16.3. The summed E-state index contributed by atoms with van der Waals surface area (Å²) in [6, 6.07) is 0.00497. The number of aryl methyl sites for hydroxylation is 2. The number of rotatable bonds is 7. The maximum absolute atomic E-state index is 11.9. The minimum atomic E-state index is -3.16. The Hall–Kier alpha value is -0.920. The molecule has 1 N–H and O–H groups in total. The van der Waals surface area contributed by atoms with E-state index in [1.807, 2.05) is 13.8 Å². The van der Waals surface area contributed by atoms with E-state index in [0.29, 0.717) is 5.92 Å². The summed E-state index contributed by atoms with van der Waals surface area (Å²) in [4.78, 5) is 2.30. The van der Waals surface area contributed by atoms with Crippen LogP contribution < -0.4 is 4.72 Å². The average Bonchev–Trinajstić information content (AvgIpc) is 2.97. The quantitative estimate of drug-likeness (QED) is 0.826. The summed E-state index contributed by atoms with van der Waals surface area (Å²) >= 11 is 0. The molecule has 2 heterocycles. The van der Waals surface area contributed by atoms with Gasteiger partial charge in [-0.15, -0.1) is 0 Å². The SMILES string of the molecule is CCCC1CN(Cc2c(C)noc2C)CC1NS(=O)(=O)CC. The van der Waals surface area contributed by atoms with Gasteiger partial charge in [0.05, 0.1) is 11.4 Å². The Bertz CT molecular complexity index is 578. The van der Waals surface area contributed by atoms with Crippen LogP contribution in [0, 0.1) is 19.8 Å². The fraction of sp³-hybridized carbons (Fsp3) is 0.800. The van der Waals surface area contributed by atoms with E-state index in [2.05, 4.69) is 21.7 Å². The third-order valence-corrected chi connectivity index (χ3v) is 5.87. The molecular weight excluding hydrogens is 302 g/mol. The number of aromatic nitrogens is 1. The monoisotopic (exact) mass is 329 g/mol. The van der Waals surface area contributed by atoms with Gasteiger partial charge in [0, 0.05) is 31.2 Å². The molecule has 1 aromatic rings. The van der Waals surface area contributed by atoms with E-state index >= 15 is 0 Å². The zero-order valence-corrected chi connectivity index (χ0v) is 14.7. The van der Waals surface area contributed by atoms with Crippen LogP contribution in [0.25, 0.3) is 0 Å². The number of likely N-dealkylation sites (tertiary alicyclic amines) is 1. The van der Waals surface area contributed by atoms with Crippen LogP contribution in [0.4, 0.5) is 0 Å². The highest BCUT2D eigenvalue weighted by Gasteiger charge is 2.34. The van der Waals surface area contributed by atoms with Crippen LogP contribution in [-0.4, -0.2) is 43.4 Å². The second-order valence-corrected chi connectivity index (χ2v) is 8.22. The van der Waals surface area contributed by atoms with E-state index < -0.39 is 10.0 Å². The summed E-state index contributed by atoms with van der Waals surface area (Å²) < 4.78 is 31.9. The maximum atomic E-state index is 11.9. The summed E-state index contributed by atoms with van der Waals surface area (Å²) in [6.45, 7) is 10.1. The first-order chi connectivity index (χ1) is 10.4. The summed E-state index contributed by atoms with van der Waals surface area (Å²) in [6.07, 6.45) is 2.10. The molecule has 0 radical (unpaired) electrons. The summed E-state index contributed by atoms with van der Waals surface area (Å²) in [5.41, 5.74) is 2.04. The van der Waals surface area contributed by atoms with Gasteiger partial charge in [0.25, 0.3) is 0 Å². The predicted octanol–water partition coefficient (Wildman–Crippen LogP) is 1.83.